The second-order valence-corrected chi connectivity index (χ2v) is 8.47. The lowest BCUT2D eigenvalue weighted by Gasteiger charge is -2.21. The van der Waals surface area contributed by atoms with Gasteiger partial charge in [0.15, 0.2) is 5.78 Å². The van der Waals surface area contributed by atoms with Gasteiger partial charge in [-0.25, -0.2) is 0 Å². The van der Waals surface area contributed by atoms with Crippen LogP contribution in [0.25, 0.3) is 0 Å². The number of aryl methyl sites for hydroxylation is 1. The molecular weight excluding hydrogens is 350 g/mol. The molecule has 0 bridgehead atoms. The molecule has 2 rings (SSSR count). The Labute approximate surface area is 168 Å². The smallest absolute Gasteiger partial charge is 0.163 e. The zero-order chi connectivity index (χ0) is 20.6. The summed E-state index contributed by atoms with van der Waals surface area (Å²) in [5.74, 6) is 0.901. The van der Waals surface area contributed by atoms with E-state index in [-0.39, 0.29) is 11.2 Å². The molecule has 2 aromatic carbocycles. The van der Waals surface area contributed by atoms with E-state index >= 15 is 0 Å². The molecule has 4 heteroatoms. The number of methoxy groups -OCH3 is 1. The highest BCUT2D eigenvalue weighted by Gasteiger charge is 2.14. The van der Waals surface area contributed by atoms with Crippen molar-refractivity contribution in [3.63, 3.8) is 0 Å². The van der Waals surface area contributed by atoms with Crippen molar-refractivity contribution in [1.82, 2.24) is 5.32 Å². The molecule has 0 radical (unpaired) electrons. The summed E-state index contributed by atoms with van der Waals surface area (Å²) in [6.07, 6.45) is 1.14. The average molecular weight is 384 g/mol. The van der Waals surface area contributed by atoms with Crippen molar-refractivity contribution >= 4 is 5.78 Å². The van der Waals surface area contributed by atoms with Crippen LogP contribution >= 0.6 is 0 Å². The van der Waals surface area contributed by atoms with Crippen molar-refractivity contribution < 1.29 is 14.6 Å². The third-order valence-electron chi connectivity index (χ3n) is 4.62. The van der Waals surface area contributed by atoms with Gasteiger partial charge in [-0.05, 0) is 41.5 Å². The van der Waals surface area contributed by atoms with Crippen LogP contribution in [0.3, 0.4) is 0 Å². The third-order valence-corrected chi connectivity index (χ3v) is 4.62. The molecule has 28 heavy (non-hydrogen) atoms. The minimum Gasteiger partial charge on any atom is -0.497 e. The van der Waals surface area contributed by atoms with Gasteiger partial charge in [-0.15, -0.1) is 0 Å². The first-order chi connectivity index (χ1) is 13.3. The molecule has 0 aliphatic heterocycles. The number of aliphatic hydroxyl groups is 1. The zero-order valence-corrected chi connectivity index (χ0v) is 17.5. The van der Waals surface area contributed by atoms with E-state index in [0.29, 0.717) is 25.8 Å². The van der Waals surface area contributed by atoms with E-state index in [1.807, 2.05) is 48.5 Å². The van der Waals surface area contributed by atoms with Crippen molar-refractivity contribution in [2.75, 3.05) is 20.2 Å². The number of ketones is 1. The predicted octanol–water partition coefficient (Wildman–Crippen LogP) is 4.05. The van der Waals surface area contributed by atoms with Crippen LogP contribution in [0.4, 0.5) is 0 Å². The molecule has 0 aliphatic carbocycles. The maximum atomic E-state index is 12.4. The van der Waals surface area contributed by atoms with E-state index in [4.69, 9.17) is 4.74 Å². The Balaban J connectivity index is 2.01. The van der Waals surface area contributed by atoms with Crippen LogP contribution in [0, 0.1) is 5.41 Å². The van der Waals surface area contributed by atoms with E-state index in [0.717, 1.165) is 29.0 Å². The molecule has 2 N–H and O–H groups in total. The molecule has 1 unspecified atom stereocenters. The highest BCUT2D eigenvalue weighted by molar-refractivity contribution is 5.96. The molecule has 1 atom stereocenters. The van der Waals surface area contributed by atoms with Gasteiger partial charge in [0.1, 0.15) is 5.75 Å². The van der Waals surface area contributed by atoms with E-state index in [1.54, 1.807) is 7.11 Å². The number of ether oxygens (including phenoxy) is 1. The summed E-state index contributed by atoms with van der Waals surface area (Å²) in [5, 5.41) is 13.8. The summed E-state index contributed by atoms with van der Waals surface area (Å²) in [6, 6.07) is 15.3. The maximum absolute atomic E-state index is 12.4. The Morgan fingerprint density at radius 2 is 1.82 bits per heavy atom. The normalized spacial score (nSPS) is 12.6. The molecule has 0 aromatic heterocycles. The van der Waals surface area contributed by atoms with Crippen molar-refractivity contribution in [3.8, 4) is 5.75 Å². The molecule has 0 amide bonds. The number of nitrogens with one attached hydrogen (secondary N) is 1. The number of carbonyl (C=O) groups excluding carboxylic acids is 1. The highest BCUT2D eigenvalue weighted by Crippen LogP contribution is 2.21. The van der Waals surface area contributed by atoms with Gasteiger partial charge in [-0.2, -0.15) is 0 Å². The monoisotopic (exact) mass is 383 g/mol. The molecule has 0 saturated heterocycles. The van der Waals surface area contributed by atoms with Crippen molar-refractivity contribution in [3.05, 3.63) is 65.2 Å². The number of benzene rings is 2. The Morgan fingerprint density at radius 3 is 2.46 bits per heavy atom. The molecule has 0 heterocycles. The molecule has 0 fully saturated rings. The SMILES string of the molecule is COc1ccc(CCC(=O)c2ccccc2)c(CC(O)CNCC(C)(C)C)c1. The van der Waals surface area contributed by atoms with Crippen molar-refractivity contribution in [2.45, 2.75) is 46.1 Å². The van der Waals surface area contributed by atoms with Gasteiger partial charge in [0.05, 0.1) is 13.2 Å². The number of rotatable bonds is 10. The summed E-state index contributed by atoms with van der Waals surface area (Å²) >= 11 is 0. The Hall–Kier alpha value is -2.17. The summed E-state index contributed by atoms with van der Waals surface area (Å²) in [6.45, 7) is 7.88. The molecule has 2 aromatic rings. The first-order valence-corrected chi connectivity index (χ1v) is 9.91. The van der Waals surface area contributed by atoms with E-state index in [1.165, 1.54) is 0 Å². The van der Waals surface area contributed by atoms with Gasteiger partial charge >= 0.3 is 0 Å². The minimum atomic E-state index is -0.488. The standard InChI is InChI=1S/C24H33NO3/c1-24(2,3)17-25-16-21(26)14-20-15-22(28-4)12-10-18(20)11-13-23(27)19-8-6-5-7-9-19/h5-10,12,15,21,25-26H,11,13-14,16-17H2,1-4H3. The van der Waals surface area contributed by atoms with Crippen LogP contribution < -0.4 is 10.1 Å². The summed E-state index contributed by atoms with van der Waals surface area (Å²) < 4.78 is 5.35. The van der Waals surface area contributed by atoms with Crippen LogP contribution in [-0.2, 0) is 12.8 Å². The Morgan fingerprint density at radius 1 is 1.11 bits per heavy atom. The average Bonchev–Trinajstić information content (AvgIpc) is 2.66. The fourth-order valence-electron chi connectivity index (χ4n) is 3.12. The number of hydrogen-bond acceptors (Lipinski definition) is 4. The van der Waals surface area contributed by atoms with Crippen molar-refractivity contribution in [2.24, 2.45) is 5.41 Å². The first kappa shape index (κ1) is 22.1. The predicted molar refractivity (Wildman–Crippen MR) is 114 cm³/mol. The van der Waals surface area contributed by atoms with Gasteiger partial charge in [-0.3, -0.25) is 4.79 Å². The highest BCUT2D eigenvalue weighted by atomic mass is 16.5. The molecule has 152 valence electrons. The Kier molecular flexibility index (Phi) is 8.21. The fourth-order valence-corrected chi connectivity index (χ4v) is 3.12. The number of hydrogen-bond donors (Lipinski definition) is 2. The number of Topliss-reactive ketones (excluding diaryl/α,β-unsaturated/α-hetero) is 1. The lowest BCUT2D eigenvalue weighted by atomic mass is 9.95. The van der Waals surface area contributed by atoms with Crippen LogP contribution in [0.5, 0.6) is 5.75 Å². The van der Waals surface area contributed by atoms with E-state index < -0.39 is 6.10 Å². The summed E-state index contributed by atoms with van der Waals surface area (Å²) in [4.78, 5) is 12.4. The minimum absolute atomic E-state index is 0.134. The second kappa shape index (κ2) is 10.4. The first-order valence-electron chi connectivity index (χ1n) is 9.91. The second-order valence-electron chi connectivity index (χ2n) is 8.47. The quantitative estimate of drug-likeness (QED) is 0.608. The van der Waals surface area contributed by atoms with Crippen molar-refractivity contribution in [1.29, 1.82) is 0 Å². The van der Waals surface area contributed by atoms with E-state index in [9.17, 15) is 9.90 Å². The lowest BCUT2D eigenvalue weighted by Crippen LogP contribution is -2.34. The van der Waals surface area contributed by atoms with Gasteiger partial charge in [0.25, 0.3) is 0 Å². The topological polar surface area (TPSA) is 58.6 Å². The largest absolute Gasteiger partial charge is 0.497 e. The fraction of sp³-hybridized carbons (Fsp3) is 0.458. The van der Waals surface area contributed by atoms with Gasteiger partial charge < -0.3 is 15.2 Å². The van der Waals surface area contributed by atoms with E-state index in [2.05, 4.69) is 26.1 Å². The van der Waals surface area contributed by atoms with Crippen LogP contribution in [0.2, 0.25) is 0 Å². The number of aliphatic hydroxyl groups excluding tert-OH is 1. The third kappa shape index (κ3) is 7.45. The van der Waals surface area contributed by atoms with Crippen LogP contribution in [0.1, 0.15) is 48.7 Å². The summed E-state index contributed by atoms with van der Waals surface area (Å²) in [5.41, 5.74) is 3.03. The molecule has 0 spiro atoms. The molecule has 0 aliphatic rings. The molecular formula is C24H33NO3. The van der Waals surface area contributed by atoms with Gasteiger partial charge in [0, 0.05) is 25.1 Å². The van der Waals surface area contributed by atoms with Crippen LogP contribution in [0.15, 0.2) is 48.5 Å². The lowest BCUT2D eigenvalue weighted by molar-refractivity contribution is 0.0983. The zero-order valence-electron chi connectivity index (χ0n) is 17.5. The Bertz CT molecular complexity index is 750. The maximum Gasteiger partial charge on any atom is 0.163 e. The van der Waals surface area contributed by atoms with Gasteiger partial charge in [-0.1, -0.05) is 57.2 Å². The molecule has 4 nitrogen and oxygen atoms in total. The van der Waals surface area contributed by atoms with Gasteiger partial charge in [0.2, 0.25) is 0 Å². The molecule has 0 saturated carbocycles. The van der Waals surface area contributed by atoms with Crippen LogP contribution in [-0.4, -0.2) is 37.2 Å². The summed E-state index contributed by atoms with van der Waals surface area (Å²) in [7, 11) is 1.64. The number of carbonyl (C=O) groups is 1.